The summed E-state index contributed by atoms with van der Waals surface area (Å²) in [6.07, 6.45) is 1.66. The zero-order valence-electron chi connectivity index (χ0n) is 13.6. The van der Waals surface area contributed by atoms with Gasteiger partial charge in [0.1, 0.15) is 6.04 Å². The molecule has 0 aliphatic rings. The molecule has 0 aliphatic heterocycles. The van der Waals surface area contributed by atoms with Gasteiger partial charge in [0, 0.05) is 13.0 Å². The normalized spacial score (nSPS) is 12.5. The number of benzene rings is 1. The first kappa shape index (κ1) is 18.2. The van der Waals surface area contributed by atoms with Gasteiger partial charge in [-0.2, -0.15) is 0 Å². The van der Waals surface area contributed by atoms with Crippen LogP contribution in [-0.2, 0) is 20.7 Å². The molecule has 0 bridgehead atoms. The molecule has 1 aromatic carbocycles. The molecule has 122 valence electrons. The molecule has 22 heavy (non-hydrogen) atoms. The highest BCUT2D eigenvalue weighted by Gasteiger charge is 2.36. The average molecular weight is 306 g/mol. The molecular weight excluding hydrogens is 280 g/mol. The largest absolute Gasteiger partial charge is 0.467 e. The summed E-state index contributed by atoms with van der Waals surface area (Å²) in [6.45, 7) is 4.12. The van der Waals surface area contributed by atoms with E-state index < -0.39 is 17.4 Å². The predicted octanol–water partition coefficient (Wildman–Crippen LogP) is 1.65. The molecule has 0 heterocycles. The monoisotopic (exact) mass is 306 g/mol. The number of carbonyl (C=O) groups is 2. The van der Waals surface area contributed by atoms with Gasteiger partial charge in [-0.15, -0.1) is 0 Å². The van der Waals surface area contributed by atoms with Crippen LogP contribution in [0.2, 0.25) is 0 Å². The van der Waals surface area contributed by atoms with E-state index >= 15 is 0 Å². The summed E-state index contributed by atoms with van der Waals surface area (Å²) in [5.41, 5.74) is 6.12. The lowest BCUT2D eigenvalue weighted by Gasteiger charge is -2.30. The summed E-state index contributed by atoms with van der Waals surface area (Å²) in [7, 11) is 1.32. The van der Waals surface area contributed by atoms with Gasteiger partial charge in [0.15, 0.2) is 0 Å². The number of hydrogen-bond donors (Lipinski definition) is 2. The summed E-state index contributed by atoms with van der Waals surface area (Å²) >= 11 is 0. The van der Waals surface area contributed by atoms with E-state index in [0.717, 1.165) is 5.56 Å². The Balaban J connectivity index is 2.90. The second-order valence-electron chi connectivity index (χ2n) is 5.43. The highest BCUT2D eigenvalue weighted by atomic mass is 16.5. The average Bonchev–Trinajstić information content (AvgIpc) is 2.56. The van der Waals surface area contributed by atoms with Gasteiger partial charge in [0.2, 0.25) is 5.91 Å². The number of esters is 1. The molecule has 1 unspecified atom stereocenters. The van der Waals surface area contributed by atoms with Crippen molar-refractivity contribution in [1.29, 1.82) is 0 Å². The second-order valence-corrected chi connectivity index (χ2v) is 5.43. The summed E-state index contributed by atoms with van der Waals surface area (Å²) < 4.78 is 4.81. The maximum absolute atomic E-state index is 12.6. The lowest BCUT2D eigenvalue weighted by molar-refractivity contribution is -0.146. The van der Waals surface area contributed by atoms with Crippen LogP contribution in [0.3, 0.4) is 0 Å². The first-order valence-corrected chi connectivity index (χ1v) is 7.65. The predicted molar refractivity (Wildman–Crippen MR) is 86.2 cm³/mol. The summed E-state index contributed by atoms with van der Waals surface area (Å²) in [5, 5.41) is 2.82. The maximum Gasteiger partial charge on any atom is 0.328 e. The van der Waals surface area contributed by atoms with Crippen molar-refractivity contribution in [2.75, 3.05) is 13.7 Å². The molecule has 0 saturated heterocycles. The third kappa shape index (κ3) is 4.31. The molecule has 0 spiro atoms. The van der Waals surface area contributed by atoms with Crippen molar-refractivity contribution < 1.29 is 14.3 Å². The van der Waals surface area contributed by atoms with Crippen LogP contribution < -0.4 is 11.1 Å². The van der Waals surface area contributed by atoms with E-state index in [1.165, 1.54) is 7.11 Å². The van der Waals surface area contributed by atoms with E-state index in [1.807, 2.05) is 44.2 Å². The Bertz CT molecular complexity index is 476. The van der Waals surface area contributed by atoms with E-state index in [-0.39, 0.29) is 12.5 Å². The Labute approximate surface area is 132 Å². The fourth-order valence-corrected chi connectivity index (χ4v) is 2.45. The van der Waals surface area contributed by atoms with Crippen molar-refractivity contribution in [2.24, 2.45) is 11.1 Å². The van der Waals surface area contributed by atoms with Crippen molar-refractivity contribution in [1.82, 2.24) is 5.32 Å². The molecule has 3 N–H and O–H groups in total. The molecule has 0 aromatic heterocycles. The topological polar surface area (TPSA) is 81.4 Å². The van der Waals surface area contributed by atoms with E-state index in [2.05, 4.69) is 5.32 Å². The fourth-order valence-electron chi connectivity index (χ4n) is 2.45. The standard InChI is InChI=1S/C17H26N2O3/c1-4-17(5-2,12-18)16(21)19-14(15(20)22-3)11-13-9-7-6-8-10-13/h6-10,14H,4-5,11-12,18H2,1-3H3,(H,19,21). The second kappa shape index (κ2) is 8.54. The van der Waals surface area contributed by atoms with Crippen LogP contribution in [0.1, 0.15) is 32.3 Å². The smallest absolute Gasteiger partial charge is 0.328 e. The van der Waals surface area contributed by atoms with E-state index in [0.29, 0.717) is 19.3 Å². The van der Waals surface area contributed by atoms with Gasteiger partial charge < -0.3 is 15.8 Å². The molecular formula is C17H26N2O3. The van der Waals surface area contributed by atoms with Crippen LogP contribution >= 0.6 is 0 Å². The van der Waals surface area contributed by atoms with Crippen LogP contribution in [0.4, 0.5) is 0 Å². The number of rotatable bonds is 8. The quantitative estimate of drug-likeness (QED) is 0.716. The lowest BCUT2D eigenvalue weighted by Crippen LogP contribution is -2.52. The molecule has 0 fully saturated rings. The number of amides is 1. The zero-order valence-corrected chi connectivity index (χ0v) is 13.6. The van der Waals surface area contributed by atoms with E-state index in [1.54, 1.807) is 0 Å². The summed E-state index contributed by atoms with van der Waals surface area (Å²) in [4.78, 5) is 24.6. The molecule has 1 aromatic rings. The Morgan fingerprint density at radius 1 is 1.23 bits per heavy atom. The Morgan fingerprint density at radius 2 is 1.82 bits per heavy atom. The first-order chi connectivity index (χ1) is 10.5. The third-order valence-corrected chi connectivity index (χ3v) is 4.30. The van der Waals surface area contributed by atoms with Crippen LogP contribution in [0.25, 0.3) is 0 Å². The van der Waals surface area contributed by atoms with Crippen LogP contribution in [0.15, 0.2) is 30.3 Å². The first-order valence-electron chi connectivity index (χ1n) is 7.65. The minimum atomic E-state index is -0.705. The summed E-state index contributed by atoms with van der Waals surface area (Å²) in [6, 6.07) is 8.82. The van der Waals surface area contributed by atoms with Gasteiger partial charge in [0.05, 0.1) is 12.5 Å². The number of carbonyl (C=O) groups excluding carboxylic acids is 2. The summed E-state index contributed by atoms with van der Waals surface area (Å²) in [5.74, 6) is -0.637. The Hall–Kier alpha value is -1.88. The molecule has 0 saturated carbocycles. The van der Waals surface area contributed by atoms with E-state index in [4.69, 9.17) is 10.5 Å². The molecule has 1 rings (SSSR count). The van der Waals surface area contributed by atoms with Crippen molar-refractivity contribution >= 4 is 11.9 Å². The molecule has 1 atom stereocenters. The maximum atomic E-state index is 12.6. The van der Waals surface area contributed by atoms with Crippen molar-refractivity contribution in [2.45, 2.75) is 39.2 Å². The highest BCUT2D eigenvalue weighted by molar-refractivity contribution is 5.88. The van der Waals surface area contributed by atoms with E-state index in [9.17, 15) is 9.59 Å². The number of methoxy groups -OCH3 is 1. The fraction of sp³-hybridized carbons (Fsp3) is 0.529. The van der Waals surface area contributed by atoms with Crippen molar-refractivity contribution in [3.8, 4) is 0 Å². The Kier molecular flexibility index (Phi) is 7.05. The van der Waals surface area contributed by atoms with Gasteiger partial charge in [-0.05, 0) is 18.4 Å². The third-order valence-electron chi connectivity index (χ3n) is 4.30. The van der Waals surface area contributed by atoms with Crippen LogP contribution in [0.5, 0.6) is 0 Å². The van der Waals surface area contributed by atoms with Gasteiger partial charge in [-0.1, -0.05) is 44.2 Å². The van der Waals surface area contributed by atoms with Gasteiger partial charge in [-0.3, -0.25) is 4.79 Å². The SMILES string of the molecule is CCC(CC)(CN)C(=O)NC(Cc1ccccc1)C(=O)OC. The minimum absolute atomic E-state index is 0.189. The molecule has 0 radical (unpaired) electrons. The van der Waals surface area contributed by atoms with Gasteiger partial charge >= 0.3 is 5.97 Å². The minimum Gasteiger partial charge on any atom is -0.467 e. The number of hydrogen-bond acceptors (Lipinski definition) is 4. The highest BCUT2D eigenvalue weighted by Crippen LogP contribution is 2.25. The molecule has 5 nitrogen and oxygen atoms in total. The van der Waals surface area contributed by atoms with Crippen LogP contribution in [0, 0.1) is 5.41 Å². The lowest BCUT2D eigenvalue weighted by atomic mass is 9.81. The Morgan fingerprint density at radius 3 is 2.27 bits per heavy atom. The van der Waals surface area contributed by atoms with Crippen molar-refractivity contribution in [3.05, 3.63) is 35.9 Å². The van der Waals surface area contributed by atoms with Gasteiger partial charge in [-0.25, -0.2) is 4.79 Å². The van der Waals surface area contributed by atoms with Gasteiger partial charge in [0.25, 0.3) is 0 Å². The zero-order chi connectivity index (χ0) is 16.6. The molecule has 5 heteroatoms. The number of nitrogens with one attached hydrogen (secondary N) is 1. The molecule has 0 aliphatic carbocycles. The number of ether oxygens (including phenoxy) is 1. The number of nitrogens with two attached hydrogens (primary N) is 1. The van der Waals surface area contributed by atoms with Crippen LogP contribution in [-0.4, -0.2) is 31.6 Å². The van der Waals surface area contributed by atoms with Crippen molar-refractivity contribution in [3.63, 3.8) is 0 Å². The molecule has 1 amide bonds.